The van der Waals surface area contributed by atoms with Gasteiger partial charge in [-0.3, -0.25) is 4.79 Å². The summed E-state index contributed by atoms with van der Waals surface area (Å²) in [5, 5.41) is 3.70. The molecule has 0 fully saturated rings. The number of carbonyl (C=O) groups excluding carboxylic acids is 1. The fourth-order valence-electron chi connectivity index (χ4n) is 3.97. The number of hydrogen-bond donors (Lipinski definition) is 1. The van der Waals surface area contributed by atoms with Crippen molar-refractivity contribution in [3.8, 4) is 0 Å². The van der Waals surface area contributed by atoms with Crippen LogP contribution in [0, 0.1) is 0 Å². The number of nitrogens with one attached hydrogen (secondary N) is 1. The summed E-state index contributed by atoms with van der Waals surface area (Å²) in [5.74, 6) is 1.16. The van der Waals surface area contributed by atoms with Crippen molar-refractivity contribution in [1.29, 1.82) is 0 Å². The van der Waals surface area contributed by atoms with Gasteiger partial charge in [0.05, 0.1) is 17.5 Å². The molecule has 0 aliphatic rings. The van der Waals surface area contributed by atoms with E-state index in [0.29, 0.717) is 18.0 Å². The number of benzene rings is 3. The standard InChI is InChI=1S/C27H27BrClN3O/c28-22-8-6-7-21(17-22)19-32-25-10-4-3-9-24(25)31-26(32)11-2-1-5-16-30-27(33)18-20-12-14-23(29)15-13-20/h3-4,6-10,12-15,17H,1-2,5,11,16,18-19H2,(H,30,33). The smallest absolute Gasteiger partial charge is 0.224 e. The van der Waals surface area contributed by atoms with Crippen LogP contribution >= 0.6 is 27.5 Å². The molecule has 1 N–H and O–H groups in total. The van der Waals surface area contributed by atoms with E-state index in [9.17, 15) is 4.79 Å². The average Bonchev–Trinajstić information content (AvgIpc) is 3.15. The van der Waals surface area contributed by atoms with Crippen molar-refractivity contribution >= 4 is 44.5 Å². The van der Waals surface area contributed by atoms with Gasteiger partial charge in [-0.25, -0.2) is 4.98 Å². The first kappa shape index (κ1) is 23.5. The fourth-order valence-corrected chi connectivity index (χ4v) is 4.55. The van der Waals surface area contributed by atoms with Gasteiger partial charge in [0.15, 0.2) is 0 Å². The molecule has 0 saturated heterocycles. The van der Waals surface area contributed by atoms with Crippen molar-refractivity contribution in [2.75, 3.05) is 6.54 Å². The maximum absolute atomic E-state index is 12.1. The van der Waals surface area contributed by atoms with Gasteiger partial charge in [0, 0.05) is 29.0 Å². The van der Waals surface area contributed by atoms with E-state index in [1.807, 2.05) is 36.4 Å². The average molecular weight is 525 g/mol. The third-order valence-corrected chi connectivity index (χ3v) is 6.39. The number of nitrogens with zero attached hydrogens (tertiary/aromatic N) is 2. The van der Waals surface area contributed by atoms with Crippen molar-refractivity contribution in [3.05, 3.63) is 99.2 Å². The second-order valence-corrected chi connectivity index (χ2v) is 9.55. The van der Waals surface area contributed by atoms with Gasteiger partial charge in [0.25, 0.3) is 0 Å². The highest BCUT2D eigenvalue weighted by molar-refractivity contribution is 9.10. The Morgan fingerprint density at radius 3 is 2.58 bits per heavy atom. The lowest BCUT2D eigenvalue weighted by Crippen LogP contribution is -2.26. The topological polar surface area (TPSA) is 46.9 Å². The molecule has 33 heavy (non-hydrogen) atoms. The molecule has 0 bridgehead atoms. The van der Waals surface area contributed by atoms with Crippen LogP contribution in [0.4, 0.5) is 0 Å². The second-order valence-electron chi connectivity index (χ2n) is 8.20. The summed E-state index contributed by atoms with van der Waals surface area (Å²) >= 11 is 9.47. The molecule has 0 unspecified atom stereocenters. The Bertz CT molecular complexity index is 1220. The highest BCUT2D eigenvalue weighted by Gasteiger charge is 2.11. The maximum atomic E-state index is 12.1. The normalized spacial score (nSPS) is 11.1. The molecule has 0 spiro atoms. The number of unbranched alkanes of at least 4 members (excludes halogenated alkanes) is 2. The number of hydrogen-bond acceptors (Lipinski definition) is 2. The van der Waals surface area contributed by atoms with Crippen molar-refractivity contribution in [3.63, 3.8) is 0 Å². The van der Waals surface area contributed by atoms with Gasteiger partial charge < -0.3 is 9.88 Å². The minimum absolute atomic E-state index is 0.0492. The molecule has 4 rings (SSSR count). The van der Waals surface area contributed by atoms with Crippen LogP contribution in [0.25, 0.3) is 11.0 Å². The lowest BCUT2D eigenvalue weighted by atomic mass is 10.1. The van der Waals surface area contributed by atoms with Crippen LogP contribution in [0.2, 0.25) is 5.02 Å². The Labute approximate surface area is 208 Å². The van der Waals surface area contributed by atoms with Crippen molar-refractivity contribution in [1.82, 2.24) is 14.9 Å². The van der Waals surface area contributed by atoms with Crippen LogP contribution in [0.3, 0.4) is 0 Å². The Hall–Kier alpha value is -2.63. The summed E-state index contributed by atoms with van der Waals surface area (Å²) in [5.41, 5.74) is 4.43. The molecule has 4 nitrogen and oxygen atoms in total. The minimum Gasteiger partial charge on any atom is -0.356 e. The van der Waals surface area contributed by atoms with E-state index in [-0.39, 0.29) is 5.91 Å². The number of carbonyl (C=O) groups is 1. The lowest BCUT2D eigenvalue weighted by Gasteiger charge is -2.10. The van der Waals surface area contributed by atoms with Gasteiger partial charge in [0.1, 0.15) is 5.82 Å². The quantitative estimate of drug-likeness (QED) is 0.238. The molecule has 170 valence electrons. The van der Waals surface area contributed by atoms with Gasteiger partial charge in [-0.05, 0) is 60.4 Å². The number of aromatic nitrogens is 2. The predicted molar refractivity (Wildman–Crippen MR) is 139 cm³/mol. The molecule has 0 atom stereocenters. The first-order chi connectivity index (χ1) is 16.1. The first-order valence-corrected chi connectivity index (χ1v) is 12.5. The summed E-state index contributed by atoms with van der Waals surface area (Å²) in [4.78, 5) is 17.0. The third-order valence-electron chi connectivity index (χ3n) is 5.64. The number of para-hydroxylation sites is 2. The number of imidazole rings is 1. The largest absolute Gasteiger partial charge is 0.356 e. The number of halogens is 2. The molecule has 1 aromatic heterocycles. The zero-order valence-electron chi connectivity index (χ0n) is 18.4. The molecule has 6 heteroatoms. The number of rotatable bonds is 10. The Morgan fingerprint density at radius 1 is 0.939 bits per heavy atom. The van der Waals surface area contributed by atoms with Crippen LogP contribution in [-0.2, 0) is 24.2 Å². The second kappa shape index (κ2) is 11.5. The predicted octanol–water partition coefficient (Wildman–Crippen LogP) is 6.57. The van der Waals surface area contributed by atoms with Crippen LogP contribution in [0.1, 0.15) is 36.2 Å². The Kier molecular flexibility index (Phi) is 8.19. The zero-order valence-corrected chi connectivity index (χ0v) is 20.8. The van der Waals surface area contributed by atoms with Gasteiger partial charge in [-0.15, -0.1) is 0 Å². The summed E-state index contributed by atoms with van der Waals surface area (Å²) in [7, 11) is 0. The van der Waals surface area contributed by atoms with E-state index < -0.39 is 0 Å². The summed E-state index contributed by atoms with van der Waals surface area (Å²) in [6.45, 7) is 1.50. The van der Waals surface area contributed by atoms with Gasteiger partial charge in [-0.1, -0.05) is 70.3 Å². The summed E-state index contributed by atoms with van der Waals surface area (Å²) < 4.78 is 3.41. The highest BCUT2D eigenvalue weighted by Crippen LogP contribution is 2.21. The summed E-state index contributed by atoms with van der Waals surface area (Å²) in [6, 6.07) is 24.2. The Balaban J connectivity index is 1.27. The van der Waals surface area contributed by atoms with E-state index in [0.717, 1.165) is 53.6 Å². The minimum atomic E-state index is 0.0492. The van der Waals surface area contributed by atoms with Crippen molar-refractivity contribution in [2.45, 2.75) is 38.6 Å². The summed E-state index contributed by atoms with van der Waals surface area (Å²) in [6.07, 6.45) is 4.34. The zero-order chi connectivity index (χ0) is 23.0. The van der Waals surface area contributed by atoms with E-state index in [1.54, 1.807) is 0 Å². The molecule has 0 radical (unpaired) electrons. The number of aryl methyl sites for hydroxylation is 1. The van der Waals surface area contributed by atoms with E-state index >= 15 is 0 Å². The first-order valence-electron chi connectivity index (χ1n) is 11.3. The Morgan fingerprint density at radius 2 is 1.76 bits per heavy atom. The van der Waals surface area contributed by atoms with Gasteiger partial charge in [0.2, 0.25) is 5.91 Å². The molecule has 1 amide bonds. The fraction of sp³-hybridized carbons (Fsp3) is 0.259. The van der Waals surface area contributed by atoms with Crippen LogP contribution < -0.4 is 5.32 Å². The van der Waals surface area contributed by atoms with Crippen molar-refractivity contribution in [2.24, 2.45) is 0 Å². The van der Waals surface area contributed by atoms with Gasteiger partial charge in [-0.2, -0.15) is 0 Å². The number of amides is 1. The molecule has 0 aliphatic heterocycles. The highest BCUT2D eigenvalue weighted by atomic mass is 79.9. The number of fused-ring (bicyclic) bond motifs is 1. The molecule has 3 aromatic carbocycles. The van der Waals surface area contributed by atoms with Crippen LogP contribution in [0.15, 0.2) is 77.3 Å². The monoisotopic (exact) mass is 523 g/mol. The van der Waals surface area contributed by atoms with Crippen LogP contribution in [0.5, 0.6) is 0 Å². The molecule has 0 aliphatic carbocycles. The molecule has 4 aromatic rings. The van der Waals surface area contributed by atoms with Crippen LogP contribution in [-0.4, -0.2) is 22.0 Å². The molecule has 1 heterocycles. The lowest BCUT2D eigenvalue weighted by molar-refractivity contribution is -0.120. The van der Waals surface area contributed by atoms with E-state index in [4.69, 9.17) is 16.6 Å². The van der Waals surface area contributed by atoms with Gasteiger partial charge >= 0.3 is 0 Å². The molecular formula is C27H27BrClN3O. The third kappa shape index (κ3) is 6.68. The molecule has 0 saturated carbocycles. The van der Waals surface area contributed by atoms with Crippen molar-refractivity contribution < 1.29 is 4.79 Å². The van der Waals surface area contributed by atoms with E-state index in [2.05, 4.69) is 62.2 Å². The SMILES string of the molecule is O=C(Cc1ccc(Cl)cc1)NCCCCCc1nc2ccccc2n1Cc1cccc(Br)c1. The maximum Gasteiger partial charge on any atom is 0.224 e. The van der Waals surface area contributed by atoms with E-state index in [1.165, 1.54) is 11.1 Å². The molecular weight excluding hydrogens is 498 g/mol.